The van der Waals surface area contributed by atoms with Crippen LogP contribution in [0.1, 0.15) is 46.5 Å². The fourth-order valence-corrected chi connectivity index (χ4v) is 3.39. The first kappa shape index (κ1) is 14.2. The molecule has 0 aromatic rings. The van der Waals surface area contributed by atoms with Crippen molar-refractivity contribution in [2.24, 2.45) is 5.92 Å². The molecule has 0 aromatic carbocycles. The number of nitrogens with one attached hydrogen (secondary N) is 1. The summed E-state index contributed by atoms with van der Waals surface area (Å²) in [5.41, 5.74) is 0. The molecule has 3 nitrogen and oxygen atoms in total. The SMILES string of the molecule is CSC(C)(C)CN1C(=O)C(C)NC1C1CCCC1. The van der Waals surface area contributed by atoms with Crippen molar-refractivity contribution < 1.29 is 4.79 Å². The highest BCUT2D eigenvalue weighted by molar-refractivity contribution is 7.99. The lowest BCUT2D eigenvalue weighted by Gasteiger charge is -2.35. The van der Waals surface area contributed by atoms with Crippen molar-refractivity contribution in [2.75, 3.05) is 12.8 Å². The Kier molecular flexibility index (Phi) is 4.27. The minimum Gasteiger partial charge on any atom is -0.324 e. The van der Waals surface area contributed by atoms with Gasteiger partial charge in [-0.1, -0.05) is 12.8 Å². The van der Waals surface area contributed by atoms with Crippen LogP contribution in [0.5, 0.6) is 0 Å². The van der Waals surface area contributed by atoms with E-state index in [2.05, 4.69) is 30.3 Å². The highest BCUT2D eigenvalue weighted by atomic mass is 32.2. The molecule has 0 spiro atoms. The van der Waals surface area contributed by atoms with Gasteiger partial charge in [-0.3, -0.25) is 10.1 Å². The van der Waals surface area contributed by atoms with Crippen molar-refractivity contribution in [3.05, 3.63) is 0 Å². The minimum absolute atomic E-state index is 0.00624. The van der Waals surface area contributed by atoms with Crippen LogP contribution in [0.2, 0.25) is 0 Å². The van der Waals surface area contributed by atoms with Gasteiger partial charge >= 0.3 is 0 Å². The molecule has 2 atom stereocenters. The third-order valence-electron chi connectivity index (χ3n) is 4.36. The van der Waals surface area contributed by atoms with Gasteiger partial charge in [-0.15, -0.1) is 0 Å². The van der Waals surface area contributed by atoms with Gasteiger partial charge in [-0.05, 0) is 45.8 Å². The van der Waals surface area contributed by atoms with Gasteiger partial charge in [0.05, 0.1) is 12.2 Å². The van der Waals surface area contributed by atoms with Crippen LogP contribution < -0.4 is 5.32 Å². The molecule has 0 aromatic heterocycles. The molecule has 1 heterocycles. The average molecular weight is 270 g/mol. The summed E-state index contributed by atoms with van der Waals surface area (Å²) in [5.74, 6) is 0.950. The number of carbonyl (C=O) groups excluding carboxylic acids is 1. The quantitative estimate of drug-likeness (QED) is 0.852. The highest BCUT2D eigenvalue weighted by Crippen LogP contribution is 2.34. The number of carbonyl (C=O) groups is 1. The Morgan fingerprint density at radius 3 is 2.56 bits per heavy atom. The van der Waals surface area contributed by atoms with E-state index in [4.69, 9.17) is 0 Å². The number of hydrogen-bond acceptors (Lipinski definition) is 3. The first-order valence-electron chi connectivity index (χ1n) is 7.06. The number of nitrogens with zero attached hydrogens (tertiary/aromatic N) is 1. The molecule has 1 amide bonds. The standard InChI is InChI=1S/C14H26N2OS/c1-10-13(17)16(9-14(2,3)18-4)12(15-10)11-7-5-6-8-11/h10-12,15H,5-9H2,1-4H3. The van der Waals surface area contributed by atoms with E-state index in [0.29, 0.717) is 5.92 Å². The van der Waals surface area contributed by atoms with Crippen LogP contribution in [0.4, 0.5) is 0 Å². The molecule has 2 unspecified atom stereocenters. The van der Waals surface area contributed by atoms with Crippen molar-refractivity contribution in [3.8, 4) is 0 Å². The van der Waals surface area contributed by atoms with E-state index in [1.165, 1.54) is 25.7 Å². The summed E-state index contributed by atoms with van der Waals surface area (Å²) in [6.45, 7) is 7.29. The minimum atomic E-state index is -0.00624. The van der Waals surface area contributed by atoms with Gasteiger partial charge in [0.2, 0.25) is 5.91 Å². The van der Waals surface area contributed by atoms with E-state index in [1.807, 2.05) is 18.7 Å². The zero-order valence-electron chi connectivity index (χ0n) is 12.0. The molecule has 104 valence electrons. The molecule has 2 rings (SSSR count). The van der Waals surface area contributed by atoms with Crippen molar-refractivity contribution >= 4 is 17.7 Å². The number of thioether (sulfide) groups is 1. The van der Waals surface area contributed by atoms with Crippen LogP contribution in [-0.4, -0.2) is 40.6 Å². The average Bonchev–Trinajstić information content (AvgIpc) is 2.93. The van der Waals surface area contributed by atoms with Crippen LogP contribution in [0.15, 0.2) is 0 Å². The Labute approximate surface area is 115 Å². The summed E-state index contributed by atoms with van der Waals surface area (Å²) in [6.07, 6.45) is 7.60. The highest BCUT2D eigenvalue weighted by Gasteiger charge is 2.42. The molecule has 2 aliphatic rings. The lowest BCUT2D eigenvalue weighted by Crippen LogP contribution is -2.47. The second-order valence-electron chi connectivity index (χ2n) is 6.31. The van der Waals surface area contributed by atoms with Crippen molar-refractivity contribution in [3.63, 3.8) is 0 Å². The summed E-state index contributed by atoms with van der Waals surface area (Å²) in [5, 5.41) is 3.51. The summed E-state index contributed by atoms with van der Waals surface area (Å²) < 4.78 is 0.137. The largest absolute Gasteiger partial charge is 0.324 e. The first-order chi connectivity index (χ1) is 8.44. The summed E-state index contributed by atoms with van der Waals surface area (Å²) in [4.78, 5) is 14.4. The van der Waals surface area contributed by atoms with Gasteiger partial charge in [0.1, 0.15) is 0 Å². The second kappa shape index (κ2) is 5.41. The molecular formula is C14H26N2OS. The van der Waals surface area contributed by atoms with E-state index in [9.17, 15) is 4.79 Å². The van der Waals surface area contributed by atoms with Crippen LogP contribution in [-0.2, 0) is 4.79 Å². The molecule has 1 N–H and O–H groups in total. The topological polar surface area (TPSA) is 32.3 Å². The third-order valence-corrected chi connectivity index (χ3v) is 5.59. The molecule has 1 saturated heterocycles. The molecule has 18 heavy (non-hydrogen) atoms. The Bertz CT molecular complexity index is 313. The molecule has 4 heteroatoms. The zero-order valence-corrected chi connectivity index (χ0v) is 12.8. The van der Waals surface area contributed by atoms with Gasteiger partial charge < -0.3 is 4.90 Å². The fraction of sp³-hybridized carbons (Fsp3) is 0.929. The number of amides is 1. The van der Waals surface area contributed by atoms with E-state index in [1.54, 1.807) is 0 Å². The van der Waals surface area contributed by atoms with E-state index in [-0.39, 0.29) is 22.9 Å². The summed E-state index contributed by atoms with van der Waals surface area (Å²) in [7, 11) is 0. The second-order valence-corrected chi connectivity index (χ2v) is 7.82. The number of rotatable bonds is 4. The normalized spacial score (nSPS) is 30.4. The van der Waals surface area contributed by atoms with Crippen LogP contribution in [0.25, 0.3) is 0 Å². The van der Waals surface area contributed by atoms with E-state index < -0.39 is 0 Å². The fourth-order valence-electron chi connectivity index (χ4n) is 3.12. The van der Waals surface area contributed by atoms with Crippen LogP contribution >= 0.6 is 11.8 Å². The monoisotopic (exact) mass is 270 g/mol. The Morgan fingerprint density at radius 1 is 1.39 bits per heavy atom. The summed E-state index contributed by atoms with van der Waals surface area (Å²) >= 11 is 1.84. The lowest BCUT2D eigenvalue weighted by molar-refractivity contribution is -0.130. The maximum atomic E-state index is 12.3. The summed E-state index contributed by atoms with van der Waals surface area (Å²) in [6, 6.07) is -0.00624. The number of hydrogen-bond donors (Lipinski definition) is 1. The van der Waals surface area contributed by atoms with Crippen LogP contribution in [0.3, 0.4) is 0 Å². The first-order valence-corrected chi connectivity index (χ1v) is 8.29. The van der Waals surface area contributed by atoms with Gasteiger partial charge in [-0.2, -0.15) is 11.8 Å². The third kappa shape index (κ3) is 2.85. The Hall–Kier alpha value is -0.220. The maximum Gasteiger partial charge on any atom is 0.240 e. The Morgan fingerprint density at radius 2 is 2.00 bits per heavy atom. The van der Waals surface area contributed by atoms with Crippen LogP contribution in [0, 0.1) is 5.92 Å². The molecule has 0 bridgehead atoms. The maximum absolute atomic E-state index is 12.3. The smallest absolute Gasteiger partial charge is 0.240 e. The van der Waals surface area contributed by atoms with Gasteiger partial charge in [0.25, 0.3) is 0 Å². The van der Waals surface area contributed by atoms with Gasteiger partial charge in [0, 0.05) is 11.3 Å². The molecule has 2 fully saturated rings. The van der Waals surface area contributed by atoms with Gasteiger partial charge in [-0.25, -0.2) is 0 Å². The molecule has 1 saturated carbocycles. The van der Waals surface area contributed by atoms with Crippen molar-refractivity contribution in [1.82, 2.24) is 10.2 Å². The van der Waals surface area contributed by atoms with Crippen molar-refractivity contribution in [1.29, 1.82) is 0 Å². The Balaban J connectivity index is 2.10. The van der Waals surface area contributed by atoms with Crippen molar-refractivity contribution in [2.45, 2.75) is 63.4 Å². The molecule has 0 radical (unpaired) electrons. The van der Waals surface area contributed by atoms with E-state index >= 15 is 0 Å². The predicted molar refractivity (Wildman–Crippen MR) is 77.7 cm³/mol. The predicted octanol–water partition coefficient (Wildman–Crippen LogP) is 2.46. The molecule has 1 aliphatic heterocycles. The van der Waals surface area contributed by atoms with E-state index in [0.717, 1.165) is 6.54 Å². The molecule has 1 aliphatic carbocycles. The zero-order chi connectivity index (χ0) is 13.3. The lowest BCUT2D eigenvalue weighted by atomic mass is 10.0. The molecular weight excluding hydrogens is 244 g/mol. The van der Waals surface area contributed by atoms with Gasteiger partial charge in [0.15, 0.2) is 0 Å².